The third kappa shape index (κ3) is 4.95. The Kier molecular flexibility index (Phi) is 6.68. The summed E-state index contributed by atoms with van der Waals surface area (Å²) < 4.78 is 25.5. The Morgan fingerprint density at radius 3 is 2.32 bits per heavy atom. The van der Waals surface area contributed by atoms with Gasteiger partial charge in [-0.2, -0.15) is 0 Å². The molecule has 0 aromatic carbocycles. The lowest BCUT2D eigenvalue weighted by Gasteiger charge is -2.32. The zero-order valence-electron chi connectivity index (χ0n) is 13.7. The standard InChI is InChI=1S/C16H30N2O3S/c1-2-22(20,21)18-12-8-9-14(13-18)16(19)17-15-10-6-4-3-5-7-11-15/h14-15H,2-13H2,1H3,(H,17,19)/t14-/m0/s1. The minimum Gasteiger partial charge on any atom is -0.353 e. The summed E-state index contributed by atoms with van der Waals surface area (Å²) in [6.07, 6.45) is 9.92. The Morgan fingerprint density at radius 2 is 1.68 bits per heavy atom. The Hall–Kier alpha value is -0.620. The predicted molar refractivity (Wildman–Crippen MR) is 88.0 cm³/mol. The van der Waals surface area contributed by atoms with Crippen molar-refractivity contribution in [2.75, 3.05) is 18.8 Å². The molecular weight excluding hydrogens is 300 g/mol. The van der Waals surface area contributed by atoms with Gasteiger partial charge in [-0.05, 0) is 32.6 Å². The fraction of sp³-hybridized carbons (Fsp3) is 0.938. The largest absolute Gasteiger partial charge is 0.353 e. The van der Waals surface area contributed by atoms with Gasteiger partial charge in [0.1, 0.15) is 0 Å². The van der Waals surface area contributed by atoms with Gasteiger partial charge >= 0.3 is 0 Å². The highest BCUT2D eigenvalue weighted by molar-refractivity contribution is 7.89. The number of carbonyl (C=O) groups is 1. The van der Waals surface area contributed by atoms with Crippen molar-refractivity contribution in [1.29, 1.82) is 0 Å². The average Bonchev–Trinajstić information content (AvgIpc) is 2.50. The number of rotatable bonds is 4. The van der Waals surface area contributed by atoms with Crippen LogP contribution < -0.4 is 5.32 Å². The van der Waals surface area contributed by atoms with Crippen molar-refractivity contribution in [3.05, 3.63) is 0 Å². The fourth-order valence-electron chi connectivity index (χ4n) is 3.51. The van der Waals surface area contributed by atoms with Crippen molar-refractivity contribution < 1.29 is 13.2 Å². The first kappa shape index (κ1) is 17.7. The number of sulfonamides is 1. The Morgan fingerprint density at radius 1 is 1.05 bits per heavy atom. The van der Waals surface area contributed by atoms with Gasteiger partial charge in [0.2, 0.25) is 15.9 Å². The molecule has 22 heavy (non-hydrogen) atoms. The lowest BCUT2D eigenvalue weighted by molar-refractivity contribution is -0.126. The number of nitrogens with one attached hydrogen (secondary N) is 1. The molecule has 0 unspecified atom stereocenters. The first-order chi connectivity index (χ1) is 10.5. The van der Waals surface area contributed by atoms with Crippen LogP contribution in [0.25, 0.3) is 0 Å². The van der Waals surface area contributed by atoms with Gasteiger partial charge in [0, 0.05) is 19.1 Å². The number of carbonyl (C=O) groups excluding carboxylic acids is 1. The highest BCUT2D eigenvalue weighted by Crippen LogP contribution is 2.21. The second kappa shape index (κ2) is 8.29. The Labute approximate surface area is 134 Å². The van der Waals surface area contributed by atoms with Crippen LogP contribution in [0.5, 0.6) is 0 Å². The molecule has 0 spiro atoms. The maximum absolute atomic E-state index is 12.5. The van der Waals surface area contributed by atoms with E-state index in [0.717, 1.165) is 25.7 Å². The molecule has 2 rings (SSSR count). The summed E-state index contributed by atoms with van der Waals surface area (Å²) in [5, 5.41) is 3.19. The van der Waals surface area contributed by atoms with Crippen LogP contribution in [0.15, 0.2) is 0 Å². The molecule has 1 atom stereocenters. The van der Waals surface area contributed by atoms with Crippen LogP contribution >= 0.6 is 0 Å². The monoisotopic (exact) mass is 330 g/mol. The van der Waals surface area contributed by atoms with Gasteiger partial charge in [0.25, 0.3) is 0 Å². The third-order valence-corrected chi connectivity index (χ3v) is 6.81. The normalized spacial score (nSPS) is 26.1. The van der Waals surface area contributed by atoms with Crippen LogP contribution in [-0.4, -0.2) is 43.5 Å². The maximum atomic E-state index is 12.5. The lowest BCUT2D eigenvalue weighted by atomic mass is 9.94. The molecule has 1 amide bonds. The molecule has 1 saturated heterocycles. The fourth-order valence-corrected chi connectivity index (χ4v) is 4.69. The molecular formula is C16H30N2O3S. The molecule has 0 aromatic rings. The topological polar surface area (TPSA) is 66.5 Å². The Bertz CT molecular complexity index is 456. The van der Waals surface area contributed by atoms with E-state index in [4.69, 9.17) is 0 Å². The lowest BCUT2D eigenvalue weighted by Crippen LogP contribution is -2.48. The summed E-state index contributed by atoms with van der Waals surface area (Å²) in [5.41, 5.74) is 0. The van der Waals surface area contributed by atoms with Crippen LogP contribution in [-0.2, 0) is 14.8 Å². The molecule has 128 valence electrons. The number of piperidine rings is 1. The second-order valence-electron chi connectivity index (χ2n) is 6.65. The minimum absolute atomic E-state index is 0.0570. The maximum Gasteiger partial charge on any atom is 0.224 e. The highest BCUT2D eigenvalue weighted by Gasteiger charge is 2.32. The summed E-state index contributed by atoms with van der Waals surface area (Å²) in [7, 11) is -3.18. The number of hydrogen-bond acceptors (Lipinski definition) is 3. The number of nitrogens with zero attached hydrogens (tertiary/aromatic N) is 1. The van der Waals surface area contributed by atoms with E-state index in [9.17, 15) is 13.2 Å². The van der Waals surface area contributed by atoms with E-state index in [1.165, 1.54) is 36.4 Å². The second-order valence-corrected chi connectivity index (χ2v) is 8.91. The van der Waals surface area contributed by atoms with Crippen molar-refractivity contribution in [1.82, 2.24) is 9.62 Å². The molecule has 1 aliphatic carbocycles. The first-order valence-corrected chi connectivity index (χ1v) is 10.4. The molecule has 2 aliphatic rings. The van der Waals surface area contributed by atoms with Gasteiger partial charge in [0.15, 0.2) is 0 Å². The van der Waals surface area contributed by atoms with Crippen molar-refractivity contribution in [3.8, 4) is 0 Å². The molecule has 1 saturated carbocycles. The van der Waals surface area contributed by atoms with E-state index in [-0.39, 0.29) is 23.6 Å². The van der Waals surface area contributed by atoms with E-state index < -0.39 is 10.0 Å². The molecule has 0 aromatic heterocycles. The highest BCUT2D eigenvalue weighted by atomic mass is 32.2. The molecule has 1 aliphatic heterocycles. The summed E-state index contributed by atoms with van der Waals surface area (Å²) in [6, 6.07) is 0.283. The van der Waals surface area contributed by atoms with E-state index in [0.29, 0.717) is 13.1 Å². The minimum atomic E-state index is -3.18. The summed E-state index contributed by atoms with van der Waals surface area (Å²) in [6.45, 7) is 2.58. The Balaban J connectivity index is 1.88. The van der Waals surface area contributed by atoms with Gasteiger partial charge in [-0.1, -0.05) is 32.1 Å². The molecule has 2 fully saturated rings. The van der Waals surface area contributed by atoms with Crippen LogP contribution in [0, 0.1) is 5.92 Å². The van der Waals surface area contributed by atoms with Crippen molar-refractivity contribution in [2.45, 2.75) is 70.8 Å². The van der Waals surface area contributed by atoms with Crippen molar-refractivity contribution in [3.63, 3.8) is 0 Å². The number of amides is 1. The zero-order chi connectivity index (χ0) is 16.0. The van der Waals surface area contributed by atoms with Gasteiger partial charge in [-0.3, -0.25) is 4.79 Å². The molecule has 5 nitrogen and oxygen atoms in total. The van der Waals surface area contributed by atoms with Crippen LogP contribution in [0.3, 0.4) is 0 Å². The summed E-state index contributed by atoms with van der Waals surface area (Å²) in [5.74, 6) is -0.00802. The van der Waals surface area contributed by atoms with E-state index in [1.807, 2.05) is 0 Å². The van der Waals surface area contributed by atoms with Gasteiger partial charge in [-0.25, -0.2) is 12.7 Å². The zero-order valence-corrected chi connectivity index (χ0v) is 14.5. The average molecular weight is 330 g/mol. The number of hydrogen-bond donors (Lipinski definition) is 1. The summed E-state index contributed by atoms with van der Waals surface area (Å²) in [4.78, 5) is 12.5. The van der Waals surface area contributed by atoms with Crippen molar-refractivity contribution >= 4 is 15.9 Å². The van der Waals surface area contributed by atoms with E-state index in [1.54, 1.807) is 6.92 Å². The SMILES string of the molecule is CCS(=O)(=O)N1CCC[C@H](C(=O)NC2CCCCCCC2)C1. The van der Waals surface area contributed by atoms with Gasteiger partial charge in [0.05, 0.1) is 11.7 Å². The van der Waals surface area contributed by atoms with Crippen LogP contribution in [0.2, 0.25) is 0 Å². The smallest absolute Gasteiger partial charge is 0.224 e. The van der Waals surface area contributed by atoms with Crippen molar-refractivity contribution in [2.24, 2.45) is 5.92 Å². The predicted octanol–water partition coefficient (Wildman–Crippen LogP) is 2.28. The molecule has 6 heteroatoms. The van der Waals surface area contributed by atoms with Gasteiger partial charge < -0.3 is 5.32 Å². The third-order valence-electron chi connectivity index (χ3n) is 4.96. The molecule has 1 N–H and O–H groups in total. The van der Waals surface area contributed by atoms with Crippen LogP contribution in [0.4, 0.5) is 0 Å². The molecule has 0 bridgehead atoms. The quantitative estimate of drug-likeness (QED) is 0.860. The van der Waals surface area contributed by atoms with Gasteiger partial charge in [-0.15, -0.1) is 0 Å². The van der Waals surface area contributed by atoms with Crippen LogP contribution in [0.1, 0.15) is 64.7 Å². The summed E-state index contributed by atoms with van der Waals surface area (Å²) >= 11 is 0. The first-order valence-electron chi connectivity index (χ1n) is 8.81. The van der Waals surface area contributed by atoms with E-state index in [2.05, 4.69) is 5.32 Å². The molecule has 1 heterocycles. The molecule has 0 radical (unpaired) electrons. The van der Waals surface area contributed by atoms with E-state index >= 15 is 0 Å².